The summed E-state index contributed by atoms with van der Waals surface area (Å²) >= 11 is 0. The average molecular weight is 546 g/mol. The Balaban J connectivity index is 1.58. The van der Waals surface area contributed by atoms with Gasteiger partial charge in [0.1, 0.15) is 0 Å². The van der Waals surface area contributed by atoms with E-state index in [4.69, 9.17) is 15.2 Å². The molecule has 2 fully saturated rings. The van der Waals surface area contributed by atoms with E-state index >= 15 is 0 Å². The van der Waals surface area contributed by atoms with Crippen LogP contribution < -0.4 is 15.2 Å². The quantitative estimate of drug-likeness (QED) is 0.385. The lowest BCUT2D eigenvalue weighted by Crippen LogP contribution is -2.50. The van der Waals surface area contributed by atoms with Gasteiger partial charge in [-0.1, -0.05) is 19.4 Å². The molecule has 4 rings (SSSR count). The highest BCUT2D eigenvalue weighted by Crippen LogP contribution is 2.42. The number of rotatable bonds is 13. The van der Waals surface area contributed by atoms with Crippen LogP contribution in [0, 0.1) is 5.92 Å². The van der Waals surface area contributed by atoms with Gasteiger partial charge in [0.25, 0.3) is 0 Å². The van der Waals surface area contributed by atoms with E-state index in [9.17, 15) is 19.5 Å². The van der Waals surface area contributed by atoms with Gasteiger partial charge in [-0.25, -0.2) is 4.79 Å². The number of fused-ring (bicyclic) bond motifs is 1. The van der Waals surface area contributed by atoms with Crippen molar-refractivity contribution in [3.8, 4) is 11.5 Å². The van der Waals surface area contributed by atoms with Crippen molar-refractivity contribution in [3.63, 3.8) is 0 Å². The van der Waals surface area contributed by atoms with E-state index in [1.807, 2.05) is 28.0 Å². The van der Waals surface area contributed by atoms with Crippen molar-refractivity contribution in [2.45, 2.75) is 51.0 Å². The largest absolute Gasteiger partial charge is 0.481 e. The van der Waals surface area contributed by atoms with Gasteiger partial charge in [0.2, 0.25) is 12.7 Å². The minimum absolute atomic E-state index is 0.00819. The predicted octanol–water partition coefficient (Wildman–Crippen LogP) is 2.01. The predicted molar refractivity (Wildman–Crippen MR) is 146 cm³/mol. The van der Waals surface area contributed by atoms with E-state index in [2.05, 4.69) is 6.92 Å². The number of hydrogen-bond acceptors (Lipinski definition) is 7. The summed E-state index contributed by atoms with van der Waals surface area (Å²) in [5.74, 6) is -0.716. The van der Waals surface area contributed by atoms with Crippen LogP contribution in [-0.2, 0) is 9.59 Å². The molecule has 39 heavy (non-hydrogen) atoms. The first-order valence-electron chi connectivity index (χ1n) is 14.2. The molecule has 0 aromatic heterocycles. The lowest BCUT2D eigenvalue weighted by molar-refractivity contribution is -0.144. The van der Waals surface area contributed by atoms with Crippen LogP contribution in [-0.4, -0.2) is 115 Å². The zero-order valence-electron chi connectivity index (χ0n) is 23.2. The zero-order chi connectivity index (χ0) is 27.9. The van der Waals surface area contributed by atoms with Crippen LogP contribution in [0.3, 0.4) is 0 Å². The normalized spacial score (nSPS) is 22.9. The molecule has 216 valence electrons. The standard InChI is InChI=1S/C28H43N5O6/c1-3-4-12-31(13-5-10-29)25(34)18-33-17-21(20-7-8-23-24(16-20)39-19-38-23)26(27(35)36)22(33)9-15-32-14-6-11-30(2)28(32)37/h7-8,16,21-22,26H,3-6,9-15,17-19,29H2,1-2H3,(H,35,36)/t21-,22+,26-/m1/s1. The molecule has 3 amide bonds. The summed E-state index contributed by atoms with van der Waals surface area (Å²) in [6.45, 7) is 6.39. The van der Waals surface area contributed by atoms with E-state index in [1.165, 1.54) is 0 Å². The van der Waals surface area contributed by atoms with E-state index in [1.54, 1.807) is 16.8 Å². The molecule has 11 nitrogen and oxygen atoms in total. The van der Waals surface area contributed by atoms with Crippen LogP contribution in [0.5, 0.6) is 11.5 Å². The number of urea groups is 1. The number of hydrogen-bond donors (Lipinski definition) is 2. The third kappa shape index (κ3) is 6.75. The van der Waals surface area contributed by atoms with Crippen molar-refractivity contribution >= 4 is 17.9 Å². The molecule has 0 unspecified atom stereocenters. The number of aliphatic carboxylic acids is 1. The Morgan fingerprint density at radius 3 is 2.67 bits per heavy atom. The van der Waals surface area contributed by atoms with Crippen LogP contribution in [0.1, 0.15) is 50.5 Å². The second kappa shape index (κ2) is 13.3. The summed E-state index contributed by atoms with van der Waals surface area (Å²) < 4.78 is 11.0. The average Bonchev–Trinajstić information content (AvgIpc) is 3.53. The third-order valence-corrected chi connectivity index (χ3v) is 8.18. The molecular formula is C28H43N5O6. The summed E-state index contributed by atoms with van der Waals surface area (Å²) in [4.78, 5) is 46.4. The molecule has 0 radical (unpaired) electrons. The van der Waals surface area contributed by atoms with E-state index in [0.29, 0.717) is 57.2 Å². The van der Waals surface area contributed by atoms with Gasteiger partial charge in [-0.05, 0) is 49.9 Å². The van der Waals surface area contributed by atoms with Crippen molar-refractivity contribution in [1.29, 1.82) is 0 Å². The number of ether oxygens (including phenoxy) is 2. The van der Waals surface area contributed by atoms with Gasteiger partial charge < -0.3 is 35.0 Å². The highest BCUT2D eigenvalue weighted by Gasteiger charge is 2.47. The number of likely N-dealkylation sites (tertiary alicyclic amines) is 1. The summed E-state index contributed by atoms with van der Waals surface area (Å²) in [6, 6.07) is 5.15. The molecule has 0 saturated carbocycles. The Morgan fingerprint density at radius 1 is 1.15 bits per heavy atom. The maximum absolute atomic E-state index is 13.5. The van der Waals surface area contributed by atoms with Gasteiger partial charge in [-0.2, -0.15) is 0 Å². The van der Waals surface area contributed by atoms with Crippen LogP contribution in [0.4, 0.5) is 4.79 Å². The number of carbonyl (C=O) groups is 3. The smallest absolute Gasteiger partial charge is 0.319 e. The minimum Gasteiger partial charge on any atom is -0.481 e. The highest BCUT2D eigenvalue weighted by atomic mass is 16.7. The summed E-state index contributed by atoms with van der Waals surface area (Å²) in [7, 11) is 1.79. The molecule has 3 aliphatic heterocycles. The second-order valence-corrected chi connectivity index (χ2v) is 10.8. The Kier molecular flexibility index (Phi) is 9.90. The first kappa shape index (κ1) is 28.9. The molecule has 3 atom stereocenters. The lowest BCUT2D eigenvalue weighted by atomic mass is 9.84. The monoisotopic (exact) mass is 545 g/mol. The van der Waals surface area contributed by atoms with Crippen molar-refractivity contribution in [1.82, 2.24) is 19.6 Å². The fourth-order valence-electron chi connectivity index (χ4n) is 6.03. The Bertz CT molecular complexity index is 1010. The molecule has 1 aromatic rings. The number of carboxylic acids is 1. The van der Waals surface area contributed by atoms with Crippen molar-refractivity contribution < 1.29 is 29.0 Å². The SMILES string of the molecule is CCCCN(CCCN)C(=O)CN1C[C@H](c2ccc3c(c2)OCO3)[C@@H](C(=O)O)[C@@H]1CCN1CCCN(C)C1=O. The van der Waals surface area contributed by atoms with Crippen molar-refractivity contribution in [2.75, 3.05) is 66.2 Å². The lowest BCUT2D eigenvalue weighted by Gasteiger charge is -2.35. The van der Waals surface area contributed by atoms with E-state index in [0.717, 1.165) is 37.8 Å². The van der Waals surface area contributed by atoms with Crippen molar-refractivity contribution in [3.05, 3.63) is 23.8 Å². The number of nitrogens with two attached hydrogens (primary N) is 1. The zero-order valence-corrected chi connectivity index (χ0v) is 23.2. The maximum Gasteiger partial charge on any atom is 0.319 e. The van der Waals surface area contributed by atoms with Crippen LogP contribution in [0.2, 0.25) is 0 Å². The van der Waals surface area contributed by atoms with Gasteiger partial charge in [0, 0.05) is 58.3 Å². The molecular weight excluding hydrogens is 502 g/mol. The third-order valence-electron chi connectivity index (χ3n) is 8.18. The molecule has 3 N–H and O–H groups in total. The van der Waals surface area contributed by atoms with Crippen LogP contribution in [0.15, 0.2) is 18.2 Å². The first-order chi connectivity index (χ1) is 18.8. The summed E-state index contributed by atoms with van der Waals surface area (Å²) in [5, 5.41) is 10.5. The van der Waals surface area contributed by atoms with Crippen molar-refractivity contribution in [2.24, 2.45) is 11.7 Å². The summed E-state index contributed by atoms with van der Waals surface area (Å²) in [6.07, 6.45) is 3.96. The molecule has 0 bridgehead atoms. The number of carbonyl (C=O) groups excluding carboxylic acids is 2. The van der Waals surface area contributed by atoms with Gasteiger partial charge in [0.15, 0.2) is 11.5 Å². The minimum atomic E-state index is -0.898. The van der Waals surface area contributed by atoms with E-state index in [-0.39, 0.29) is 31.2 Å². The second-order valence-electron chi connectivity index (χ2n) is 10.8. The van der Waals surface area contributed by atoms with Crippen LogP contribution >= 0.6 is 0 Å². The number of benzene rings is 1. The Hall–Kier alpha value is -3.05. The number of nitrogens with zero attached hydrogens (tertiary/aromatic N) is 4. The van der Waals surface area contributed by atoms with Crippen LogP contribution in [0.25, 0.3) is 0 Å². The molecule has 1 aromatic carbocycles. The number of amides is 3. The molecule has 0 spiro atoms. The topological polar surface area (TPSA) is 129 Å². The molecule has 0 aliphatic carbocycles. The maximum atomic E-state index is 13.5. The molecule has 3 aliphatic rings. The molecule has 11 heteroatoms. The summed E-state index contributed by atoms with van der Waals surface area (Å²) in [5.41, 5.74) is 6.58. The van der Waals surface area contributed by atoms with E-state index < -0.39 is 17.9 Å². The Morgan fingerprint density at radius 2 is 1.92 bits per heavy atom. The number of carboxylic acid groups (broad SMARTS) is 1. The number of unbranched alkanes of at least 4 members (excludes halogenated alkanes) is 1. The fraction of sp³-hybridized carbons (Fsp3) is 0.679. The molecule has 3 heterocycles. The van der Waals surface area contributed by atoms with Gasteiger partial charge in [-0.15, -0.1) is 0 Å². The highest BCUT2D eigenvalue weighted by molar-refractivity contribution is 5.79. The van der Waals surface area contributed by atoms with Gasteiger partial charge in [-0.3, -0.25) is 14.5 Å². The molecule has 2 saturated heterocycles. The van der Waals surface area contributed by atoms with Gasteiger partial charge in [0.05, 0.1) is 12.5 Å². The van der Waals surface area contributed by atoms with Gasteiger partial charge >= 0.3 is 12.0 Å². The first-order valence-corrected chi connectivity index (χ1v) is 14.2. The fourth-order valence-corrected chi connectivity index (χ4v) is 6.03. The Labute approximate surface area is 230 Å².